The van der Waals surface area contributed by atoms with Crippen LogP contribution in [0.1, 0.15) is 19.4 Å². The number of methoxy groups -OCH3 is 1. The van der Waals surface area contributed by atoms with Gasteiger partial charge in [0.25, 0.3) is 10.0 Å². The Labute approximate surface area is 135 Å². The molecule has 23 heavy (non-hydrogen) atoms. The minimum Gasteiger partial charge on any atom is -0.492 e. The van der Waals surface area contributed by atoms with Gasteiger partial charge in [0.05, 0.1) is 24.3 Å². The number of aliphatic hydroxyl groups is 1. The zero-order valence-electron chi connectivity index (χ0n) is 13.1. The first-order chi connectivity index (χ1) is 10.9. The lowest BCUT2D eigenvalue weighted by atomic mass is 10.1. The Balaban J connectivity index is 2.60. The van der Waals surface area contributed by atoms with Gasteiger partial charge in [-0.3, -0.25) is 4.72 Å². The Bertz CT molecular complexity index is 752. The van der Waals surface area contributed by atoms with Gasteiger partial charge in [-0.15, -0.1) is 0 Å². The third-order valence-electron chi connectivity index (χ3n) is 3.33. The number of fused-ring (bicyclic) bond motifs is 1. The molecule has 7 nitrogen and oxygen atoms in total. The van der Waals surface area contributed by atoms with Crippen molar-refractivity contribution in [1.29, 1.82) is 0 Å². The van der Waals surface area contributed by atoms with E-state index in [2.05, 4.69) is 4.72 Å². The second kappa shape index (κ2) is 6.93. The Hall–Kier alpha value is -2.19. The number of allylic oxidation sites excluding steroid dienone is 2. The fourth-order valence-corrected chi connectivity index (χ4v) is 2.96. The molecule has 0 bridgehead atoms. The normalized spacial score (nSPS) is 14.3. The smallest absolute Gasteiger partial charge is 0.257 e. The highest BCUT2D eigenvalue weighted by Gasteiger charge is 2.26. The highest BCUT2D eigenvalue weighted by molar-refractivity contribution is 7.96. The quantitative estimate of drug-likeness (QED) is 0.823. The van der Waals surface area contributed by atoms with Gasteiger partial charge in [0.2, 0.25) is 12.5 Å². The van der Waals surface area contributed by atoms with E-state index in [-0.39, 0.29) is 24.0 Å². The zero-order valence-corrected chi connectivity index (χ0v) is 13.9. The van der Waals surface area contributed by atoms with Crippen LogP contribution in [0.2, 0.25) is 0 Å². The number of aliphatic hydroxyl groups excluding tert-OH is 1. The summed E-state index contributed by atoms with van der Waals surface area (Å²) < 4.78 is 43.1. The molecule has 0 radical (unpaired) electrons. The van der Waals surface area contributed by atoms with Crippen molar-refractivity contribution in [2.24, 2.45) is 0 Å². The standard InChI is InChI=1S/C15H19NO6S/c1-4-10(2)23(18,19)16-12-8-13-15(22-9-21-13)14(20-3)11(12)6-5-7-17/h4-6,8,16-17H,7,9H2,1-3H3/b6-5+,10-4+. The first-order valence-electron chi connectivity index (χ1n) is 6.88. The molecule has 1 aromatic rings. The molecule has 8 heteroatoms. The van der Waals surface area contributed by atoms with Crippen LogP contribution in [0, 0.1) is 0 Å². The molecule has 1 aliphatic heterocycles. The molecule has 0 atom stereocenters. The topological polar surface area (TPSA) is 94.1 Å². The average molecular weight is 341 g/mol. The summed E-state index contributed by atoms with van der Waals surface area (Å²) in [7, 11) is -2.24. The SMILES string of the molecule is C/C=C(\C)S(=O)(=O)Nc1cc2c(c(OC)c1/C=C/CO)OCO2. The molecule has 1 aliphatic rings. The molecule has 2 rings (SSSR count). The van der Waals surface area contributed by atoms with E-state index in [0.717, 1.165) is 0 Å². The summed E-state index contributed by atoms with van der Waals surface area (Å²) in [6.07, 6.45) is 4.53. The van der Waals surface area contributed by atoms with Gasteiger partial charge in [0, 0.05) is 11.6 Å². The van der Waals surface area contributed by atoms with E-state index >= 15 is 0 Å². The van der Waals surface area contributed by atoms with E-state index < -0.39 is 10.0 Å². The number of ether oxygens (including phenoxy) is 3. The van der Waals surface area contributed by atoms with Crippen molar-refractivity contribution >= 4 is 21.8 Å². The van der Waals surface area contributed by atoms with Crippen LogP contribution >= 0.6 is 0 Å². The van der Waals surface area contributed by atoms with Crippen LogP contribution < -0.4 is 18.9 Å². The summed E-state index contributed by atoms with van der Waals surface area (Å²) in [5, 5.41) is 9.00. The van der Waals surface area contributed by atoms with E-state index in [4.69, 9.17) is 19.3 Å². The summed E-state index contributed by atoms with van der Waals surface area (Å²) in [5.41, 5.74) is 0.718. The molecule has 2 N–H and O–H groups in total. The summed E-state index contributed by atoms with van der Waals surface area (Å²) >= 11 is 0. The molecule has 1 heterocycles. The van der Waals surface area contributed by atoms with Gasteiger partial charge in [0.1, 0.15) is 0 Å². The zero-order chi connectivity index (χ0) is 17.0. The molecule has 0 saturated heterocycles. The maximum Gasteiger partial charge on any atom is 0.257 e. The van der Waals surface area contributed by atoms with Crippen molar-refractivity contribution in [1.82, 2.24) is 0 Å². The van der Waals surface area contributed by atoms with Crippen LogP contribution in [0.25, 0.3) is 6.08 Å². The van der Waals surface area contributed by atoms with Crippen LogP contribution in [0.5, 0.6) is 17.2 Å². The first kappa shape index (κ1) is 17.2. The second-order valence-corrected chi connectivity index (χ2v) is 6.55. The van der Waals surface area contributed by atoms with Gasteiger partial charge >= 0.3 is 0 Å². The van der Waals surface area contributed by atoms with E-state index in [9.17, 15) is 8.42 Å². The van der Waals surface area contributed by atoms with Crippen LogP contribution in [-0.2, 0) is 10.0 Å². The molecule has 0 amide bonds. The Morgan fingerprint density at radius 2 is 2.22 bits per heavy atom. The third kappa shape index (κ3) is 3.43. The van der Waals surface area contributed by atoms with E-state index in [1.165, 1.54) is 32.3 Å². The number of rotatable bonds is 6. The van der Waals surface area contributed by atoms with Crippen LogP contribution in [0.3, 0.4) is 0 Å². The van der Waals surface area contributed by atoms with Crippen molar-refractivity contribution in [3.8, 4) is 17.2 Å². The Morgan fingerprint density at radius 1 is 1.48 bits per heavy atom. The molecule has 126 valence electrons. The van der Waals surface area contributed by atoms with Gasteiger partial charge in [-0.05, 0) is 13.8 Å². The molecular formula is C15H19NO6S. The van der Waals surface area contributed by atoms with Gasteiger partial charge in [0.15, 0.2) is 11.5 Å². The van der Waals surface area contributed by atoms with Gasteiger partial charge < -0.3 is 19.3 Å². The monoisotopic (exact) mass is 341 g/mol. The van der Waals surface area contributed by atoms with Crippen molar-refractivity contribution in [2.75, 3.05) is 25.2 Å². The number of benzene rings is 1. The highest BCUT2D eigenvalue weighted by Crippen LogP contribution is 2.47. The molecule has 1 aromatic carbocycles. The lowest BCUT2D eigenvalue weighted by Crippen LogP contribution is -2.14. The fraction of sp³-hybridized carbons (Fsp3) is 0.333. The first-order valence-corrected chi connectivity index (χ1v) is 8.36. The number of anilines is 1. The summed E-state index contributed by atoms with van der Waals surface area (Å²) in [4.78, 5) is 0.186. The molecule has 0 fully saturated rings. The molecule has 0 unspecified atom stereocenters. The lowest BCUT2D eigenvalue weighted by molar-refractivity contribution is 0.171. The molecular weight excluding hydrogens is 322 g/mol. The minimum atomic E-state index is -3.69. The van der Waals surface area contributed by atoms with Crippen LogP contribution in [0.15, 0.2) is 23.1 Å². The third-order valence-corrected chi connectivity index (χ3v) is 4.90. The Kier molecular flexibility index (Phi) is 5.17. The van der Waals surface area contributed by atoms with Crippen molar-refractivity contribution in [3.63, 3.8) is 0 Å². The van der Waals surface area contributed by atoms with Gasteiger partial charge in [-0.1, -0.05) is 18.2 Å². The van der Waals surface area contributed by atoms with Crippen molar-refractivity contribution < 1.29 is 27.7 Å². The van der Waals surface area contributed by atoms with Gasteiger partial charge in [-0.2, -0.15) is 0 Å². The number of nitrogens with one attached hydrogen (secondary N) is 1. The maximum atomic E-state index is 12.3. The highest BCUT2D eigenvalue weighted by atomic mass is 32.2. The molecule has 0 spiro atoms. The van der Waals surface area contributed by atoms with Crippen LogP contribution in [0.4, 0.5) is 5.69 Å². The van der Waals surface area contributed by atoms with E-state index in [1.807, 2.05) is 0 Å². The summed E-state index contributed by atoms with van der Waals surface area (Å²) in [6, 6.07) is 1.53. The Morgan fingerprint density at radius 3 is 2.83 bits per heavy atom. The average Bonchev–Trinajstić information content (AvgIpc) is 2.98. The van der Waals surface area contributed by atoms with Crippen molar-refractivity contribution in [3.05, 3.63) is 28.7 Å². The number of hydrogen-bond donors (Lipinski definition) is 2. The van der Waals surface area contributed by atoms with E-state index in [1.54, 1.807) is 13.0 Å². The number of hydrogen-bond acceptors (Lipinski definition) is 6. The minimum absolute atomic E-state index is 0.0267. The van der Waals surface area contributed by atoms with Gasteiger partial charge in [-0.25, -0.2) is 8.42 Å². The maximum absolute atomic E-state index is 12.3. The van der Waals surface area contributed by atoms with Crippen molar-refractivity contribution in [2.45, 2.75) is 13.8 Å². The second-order valence-electron chi connectivity index (χ2n) is 4.69. The number of sulfonamides is 1. The predicted octanol–water partition coefficient (Wildman–Crippen LogP) is 2.09. The largest absolute Gasteiger partial charge is 0.492 e. The molecule has 0 aliphatic carbocycles. The molecule has 0 saturated carbocycles. The lowest BCUT2D eigenvalue weighted by Gasteiger charge is -2.15. The van der Waals surface area contributed by atoms with Crippen LogP contribution in [-0.4, -0.2) is 34.0 Å². The predicted molar refractivity (Wildman–Crippen MR) is 87.2 cm³/mol. The summed E-state index contributed by atoms with van der Waals surface area (Å²) in [5.74, 6) is 1.12. The van der Waals surface area contributed by atoms with E-state index in [0.29, 0.717) is 22.8 Å². The fourth-order valence-electron chi connectivity index (χ4n) is 2.03. The molecule has 0 aromatic heterocycles. The summed E-state index contributed by atoms with van der Waals surface area (Å²) in [6.45, 7) is 2.97.